The largest absolute Gasteiger partial charge is 0.497 e. The predicted octanol–water partition coefficient (Wildman–Crippen LogP) is 5.58. The second kappa shape index (κ2) is 10.9. The van der Waals surface area contributed by atoms with Crippen molar-refractivity contribution in [1.29, 1.82) is 5.26 Å². The highest BCUT2D eigenvalue weighted by molar-refractivity contribution is 5.50. The van der Waals surface area contributed by atoms with Gasteiger partial charge in [-0.05, 0) is 64.2 Å². The molecule has 5 nitrogen and oxygen atoms in total. The van der Waals surface area contributed by atoms with Gasteiger partial charge >= 0.3 is 0 Å². The molecule has 0 saturated heterocycles. The van der Waals surface area contributed by atoms with Gasteiger partial charge in [-0.2, -0.15) is 5.26 Å². The molecule has 0 unspecified atom stereocenters. The minimum Gasteiger partial charge on any atom is -0.497 e. The molecular weight excluding hydrogens is 438 g/mol. The van der Waals surface area contributed by atoms with Crippen molar-refractivity contribution in [2.45, 2.75) is 18.8 Å². The number of nitriles is 1. The molecule has 0 aliphatic carbocycles. The number of rotatable bonds is 9. The second-order valence-corrected chi connectivity index (χ2v) is 8.10. The van der Waals surface area contributed by atoms with Gasteiger partial charge in [0.2, 0.25) is 0 Å². The molecule has 0 aliphatic rings. The molecule has 35 heavy (non-hydrogen) atoms. The van der Waals surface area contributed by atoms with E-state index in [4.69, 9.17) is 14.2 Å². The van der Waals surface area contributed by atoms with Crippen molar-refractivity contribution in [2.24, 2.45) is 0 Å². The van der Waals surface area contributed by atoms with Crippen LogP contribution in [-0.2, 0) is 23.6 Å². The Bertz CT molecular complexity index is 1250. The highest BCUT2D eigenvalue weighted by atomic mass is 16.5. The van der Waals surface area contributed by atoms with E-state index >= 15 is 0 Å². The Morgan fingerprint density at radius 3 is 1.71 bits per heavy atom. The lowest BCUT2D eigenvalue weighted by Gasteiger charge is -2.36. The molecule has 4 rings (SSSR count). The highest BCUT2D eigenvalue weighted by Gasteiger charge is 2.38. The number of aliphatic hydroxyl groups excluding tert-OH is 1. The van der Waals surface area contributed by atoms with Gasteiger partial charge in [0, 0.05) is 0 Å². The smallest absolute Gasteiger partial charge is 0.144 e. The lowest BCUT2D eigenvalue weighted by atomic mass is 9.80. The molecule has 0 atom stereocenters. The van der Waals surface area contributed by atoms with Gasteiger partial charge in [-0.15, -0.1) is 0 Å². The van der Waals surface area contributed by atoms with Gasteiger partial charge in [0.1, 0.15) is 17.1 Å². The molecule has 0 spiro atoms. The first-order valence-corrected chi connectivity index (χ1v) is 11.2. The number of ether oxygens (including phenoxy) is 3. The first kappa shape index (κ1) is 24.0. The van der Waals surface area contributed by atoms with Crippen LogP contribution < -0.4 is 9.47 Å². The summed E-state index contributed by atoms with van der Waals surface area (Å²) in [5.41, 5.74) is 3.80. The first-order valence-electron chi connectivity index (χ1n) is 11.2. The monoisotopic (exact) mass is 465 g/mol. The Labute approximate surface area is 205 Å². The molecule has 0 fully saturated rings. The third-order valence-corrected chi connectivity index (χ3v) is 5.99. The van der Waals surface area contributed by atoms with Gasteiger partial charge in [0.15, 0.2) is 0 Å². The topological polar surface area (TPSA) is 71.7 Å². The number of aliphatic hydroxyl groups is 1. The van der Waals surface area contributed by atoms with Crippen LogP contribution in [0.15, 0.2) is 97.1 Å². The van der Waals surface area contributed by atoms with Crippen molar-refractivity contribution in [3.63, 3.8) is 0 Å². The molecule has 0 aliphatic heterocycles. The summed E-state index contributed by atoms with van der Waals surface area (Å²) in [6, 6.07) is 33.2. The van der Waals surface area contributed by atoms with Gasteiger partial charge in [0.05, 0.1) is 39.1 Å². The van der Waals surface area contributed by atoms with Crippen LogP contribution in [0.5, 0.6) is 11.5 Å². The number of benzene rings is 4. The van der Waals surface area contributed by atoms with Gasteiger partial charge in [-0.1, -0.05) is 60.7 Å². The average molecular weight is 466 g/mol. The van der Waals surface area contributed by atoms with Gasteiger partial charge < -0.3 is 19.3 Å². The Morgan fingerprint density at radius 1 is 0.714 bits per heavy atom. The lowest BCUT2D eigenvalue weighted by Crippen LogP contribution is -2.32. The fourth-order valence-electron chi connectivity index (χ4n) is 4.27. The molecule has 0 radical (unpaired) electrons. The van der Waals surface area contributed by atoms with Crippen LogP contribution in [-0.4, -0.2) is 19.3 Å². The maximum absolute atomic E-state index is 9.67. The van der Waals surface area contributed by atoms with Crippen LogP contribution in [0.25, 0.3) is 0 Å². The summed E-state index contributed by atoms with van der Waals surface area (Å²) >= 11 is 0. The molecule has 0 saturated carbocycles. The van der Waals surface area contributed by atoms with E-state index in [1.165, 1.54) is 0 Å². The molecular formula is C30H27NO4. The second-order valence-electron chi connectivity index (χ2n) is 8.10. The summed E-state index contributed by atoms with van der Waals surface area (Å²) in [5.74, 6) is 1.50. The summed E-state index contributed by atoms with van der Waals surface area (Å²) in [6.07, 6.45) is 0. The number of methoxy groups -OCH3 is 2. The number of hydrogen-bond acceptors (Lipinski definition) is 5. The van der Waals surface area contributed by atoms with Crippen LogP contribution in [0.1, 0.15) is 33.4 Å². The van der Waals surface area contributed by atoms with E-state index in [1.54, 1.807) is 26.4 Å². The quantitative estimate of drug-likeness (QED) is 0.327. The standard InChI is InChI=1S/C30H27NO4/c1-33-28-12-8-26(9-13-28)30(25-6-4-3-5-7-25,27-10-14-29(34-2)15-11-27)35-21-24-17-22(19-31)16-23(18-24)20-32/h3-18,32H,20-21H2,1-2H3. The van der Waals surface area contributed by atoms with Crippen molar-refractivity contribution >= 4 is 0 Å². The van der Waals surface area contributed by atoms with Crippen molar-refractivity contribution in [2.75, 3.05) is 14.2 Å². The normalized spacial score (nSPS) is 11.0. The molecule has 176 valence electrons. The summed E-state index contributed by atoms with van der Waals surface area (Å²) in [7, 11) is 3.28. The van der Waals surface area contributed by atoms with E-state index in [1.807, 2.05) is 84.9 Å². The number of hydrogen-bond donors (Lipinski definition) is 1. The van der Waals surface area contributed by atoms with E-state index in [0.29, 0.717) is 11.1 Å². The van der Waals surface area contributed by atoms with E-state index in [9.17, 15) is 10.4 Å². The van der Waals surface area contributed by atoms with E-state index in [-0.39, 0.29) is 13.2 Å². The summed E-state index contributed by atoms with van der Waals surface area (Å²) < 4.78 is 17.6. The van der Waals surface area contributed by atoms with Crippen LogP contribution in [0.4, 0.5) is 0 Å². The first-order chi connectivity index (χ1) is 17.1. The molecule has 5 heteroatoms. The van der Waals surface area contributed by atoms with Gasteiger partial charge in [0.25, 0.3) is 0 Å². The van der Waals surface area contributed by atoms with E-state index in [0.717, 1.165) is 33.8 Å². The maximum atomic E-state index is 9.67. The average Bonchev–Trinajstić information content (AvgIpc) is 2.94. The Kier molecular flexibility index (Phi) is 7.47. The minimum atomic E-state index is -0.957. The fourth-order valence-corrected chi connectivity index (χ4v) is 4.27. The van der Waals surface area contributed by atoms with Crippen LogP contribution in [0, 0.1) is 11.3 Å². The lowest BCUT2D eigenvalue weighted by molar-refractivity contribution is 0.000135. The molecule has 1 N–H and O–H groups in total. The zero-order valence-corrected chi connectivity index (χ0v) is 19.8. The molecule has 0 bridgehead atoms. The third kappa shape index (κ3) is 5.04. The van der Waals surface area contributed by atoms with Crippen LogP contribution in [0.2, 0.25) is 0 Å². The highest BCUT2D eigenvalue weighted by Crippen LogP contribution is 2.42. The third-order valence-electron chi connectivity index (χ3n) is 5.99. The molecule has 0 aromatic heterocycles. The molecule has 4 aromatic rings. The Morgan fingerprint density at radius 2 is 1.23 bits per heavy atom. The summed E-state index contributed by atoms with van der Waals surface area (Å²) in [4.78, 5) is 0. The Balaban J connectivity index is 1.89. The van der Waals surface area contributed by atoms with E-state index in [2.05, 4.69) is 6.07 Å². The zero-order chi connectivity index (χ0) is 24.7. The maximum Gasteiger partial charge on any atom is 0.144 e. The Hall–Kier alpha value is -4.11. The SMILES string of the molecule is COc1ccc(C(OCc2cc(C#N)cc(CO)c2)(c2ccccc2)c2ccc(OC)cc2)cc1. The minimum absolute atomic E-state index is 0.149. The zero-order valence-electron chi connectivity index (χ0n) is 19.8. The van der Waals surface area contributed by atoms with Crippen molar-refractivity contribution in [3.05, 3.63) is 130 Å². The van der Waals surface area contributed by atoms with Crippen molar-refractivity contribution in [3.8, 4) is 17.6 Å². The van der Waals surface area contributed by atoms with Crippen LogP contribution >= 0.6 is 0 Å². The summed E-state index contributed by atoms with van der Waals surface area (Å²) in [5, 5.41) is 19.1. The summed E-state index contributed by atoms with van der Waals surface area (Å²) in [6.45, 7) is 0.0682. The number of nitrogens with zero attached hydrogens (tertiary/aromatic N) is 1. The van der Waals surface area contributed by atoms with Crippen molar-refractivity contribution in [1.82, 2.24) is 0 Å². The molecule has 0 amide bonds. The van der Waals surface area contributed by atoms with Gasteiger partial charge in [-0.25, -0.2) is 0 Å². The fraction of sp³-hybridized carbons (Fsp3) is 0.167. The predicted molar refractivity (Wildman–Crippen MR) is 134 cm³/mol. The molecule has 4 aromatic carbocycles. The van der Waals surface area contributed by atoms with Crippen molar-refractivity contribution < 1.29 is 19.3 Å². The van der Waals surface area contributed by atoms with Crippen LogP contribution in [0.3, 0.4) is 0 Å². The van der Waals surface area contributed by atoms with Gasteiger partial charge in [-0.3, -0.25) is 0 Å². The molecule has 0 heterocycles. The van der Waals surface area contributed by atoms with E-state index < -0.39 is 5.60 Å².